The number of ether oxygens (including phenoxy) is 1. The van der Waals surface area contributed by atoms with E-state index in [0.29, 0.717) is 43.4 Å². The molecule has 7 heteroatoms. The fourth-order valence-electron chi connectivity index (χ4n) is 3.60. The third-order valence-corrected chi connectivity index (χ3v) is 5.14. The maximum absolute atomic E-state index is 13.9. The van der Waals surface area contributed by atoms with E-state index in [-0.39, 0.29) is 5.56 Å². The smallest absolute Gasteiger partial charge is 0.323 e. The Labute approximate surface area is 173 Å². The summed E-state index contributed by atoms with van der Waals surface area (Å²) in [5.41, 5.74) is 1.53. The van der Waals surface area contributed by atoms with Crippen molar-refractivity contribution >= 4 is 33.9 Å². The molecule has 0 bridgehead atoms. The van der Waals surface area contributed by atoms with E-state index in [1.165, 1.54) is 12.1 Å². The van der Waals surface area contributed by atoms with Gasteiger partial charge in [0.2, 0.25) is 0 Å². The number of alkyl halides is 2. The predicted molar refractivity (Wildman–Crippen MR) is 116 cm³/mol. The van der Waals surface area contributed by atoms with Crippen molar-refractivity contribution in [2.45, 2.75) is 12.8 Å². The van der Waals surface area contributed by atoms with Crippen LogP contribution in [0.4, 0.5) is 30.6 Å². The van der Waals surface area contributed by atoms with Crippen LogP contribution in [0.3, 0.4) is 0 Å². The van der Waals surface area contributed by atoms with Crippen molar-refractivity contribution in [3.8, 4) is 0 Å². The fraction of sp³-hybridized carbons (Fsp3) is 0.261. The van der Waals surface area contributed by atoms with E-state index in [4.69, 9.17) is 4.74 Å². The largest absolute Gasteiger partial charge is 0.378 e. The van der Waals surface area contributed by atoms with Gasteiger partial charge in [0.05, 0.1) is 30.3 Å². The first-order valence-corrected chi connectivity index (χ1v) is 9.82. The van der Waals surface area contributed by atoms with Gasteiger partial charge in [0.15, 0.2) is 0 Å². The van der Waals surface area contributed by atoms with E-state index in [9.17, 15) is 13.6 Å². The number of benzene rings is 3. The van der Waals surface area contributed by atoms with E-state index in [2.05, 4.69) is 10.6 Å². The molecule has 1 aliphatic heterocycles. The lowest BCUT2D eigenvalue weighted by Gasteiger charge is -2.31. The molecule has 0 saturated carbocycles. The van der Waals surface area contributed by atoms with Crippen LogP contribution in [-0.2, 0) is 10.7 Å². The van der Waals surface area contributed by atoms with Gasteiger partial charge in [-0.05, 0) is 23.6 Å². The number of hydrogen-bond donors (Lipinski definition) is 2. The fourth-order valence-corrected chi connectivity index (χ4v) is 3.60. The summed E-state index contributed by atoms with van der Waals surface area (Å²) in [4.78, 5) is 14.8. The second kappa shape index (κ2) is 8.28. The summed E-state index contributed by atoms with van der Waals surface area (Å²) < 4.78 is 33.2. The van der Waals surface area contributed by atoms with E-state index in [1.807, 2.05) is 41.3 Å². The van der Waals surface area contributed by atoms with Crippen molar-refractivity contribution in [3.05, 3.63) is 66.2 Å². The molecule has 1 saturated heterocycles. The highest BCUT2D eigenvalue weighted by atomic mass is 19.3. The van der Waals surface area contributed by atoms with Crippen molar-refractivity contribution in [1.82, 2.24) is 0 Å². The molecule has 4 rings (SSSR count). The van der Waals surface area contributed by atoms with Gasteiger partial charge in [-0.2, -0.15) is 0 Å². The molecule has 2 amide bonds. The average molecular weight is 411 g/mol. The molecule has 3 aromatic rings. The van der Waals surface area contributed by atoms with Crippen molar-refractivity contribution in [2.24, 2.45) is 0 Å². The van der Waals surface area contributed by atoms with Gasteiger partial charge in [-0.1, -0.05) is 42.5 Å². The number of fused-ring (bicyclic) bond motifs is 1. The van der Waals surface area contributed by atoms with Gasteiger partial charge in [-0.25, -0.2) is 13.6 Å². The van der Waals surface area contributed by atoms with E-state index < -0.39 is 12.0 Å². The number of nitrogens with one attached hydrogen (secondary N) is 2. The van der Waals surface area contributed by atoms with Crippen LogP contribution in [-0.4, -0.2) is 32.3 Å². The quantitative estimate of drug-likeness (QED) is 0.602. The zero-order valence-electron chi connectivity index (χ0n) is 16.6. The van der Waals surface area contributed by atoms with Gasteiger partial charge in [-0.15, -0.1) is 0 Å². The van der Waals surface area contributed by atoms with E-state index >= 15 is 0 Å². The van der Waals surface area contributed by atoms with Crippen LogP contribution in [0.15, 0.2) is 60.7 Å². The molecule has 1 heterocycles. The van der Waals surface area contributed by atoms with Crippen molar-refractivity contribution < 1.29 is 18.3 Å². The molecule has 1 aliphatic rings. The number of halogens is 2. The minimum absolute atomic E-state index is 0.153. The van der Waals surface area contributed by atoms with Crippen LogP contribution < -0.4 is 15.5 Å². The highest BCUT2D eigenvalue weighted by molar-refractivity contribution is 6.07. The first-order chi connectivity index (χ1) is 14.4. The Morgan fingerprint density at radius 1 is 0.967 bits per heavy atom. The monoisotopic (exact) mass is 411 g/mol. The molecule has 156 valence electrons. The second-order valence-electron chi connectivity index (χ2n) is 7.33. The number of morpholine rings is 1. The normalized spacial score (nSPS) is 14.6. The summed E-state index contributed by atoms with van der Waals surface area (Å²) in [7, 11) is 0. The maximum Gasteiger partial charge on any atom is 0.323 e. The van der Waals surface area contributed by atoms with Gasteiger partial charge in [-0.3, -0.25) is 0 Å². The van der Waals surface area contributed by atoms with Gasteiger partial charge < -0.3 is 20.3 Å². The first-order valence-electron chi connectivity index (χ1n) is 9.82. The van der Waals surface area contributed by atoms with Crippen molar-refractivity contribution in [3.63, 3.8) is 0 Å². The SMILES string of the molecule is CC(F)(F)c1ccc(N2CCOCC2)c(NC(=O)Nc2cccc3ccccc23)c1. The van der Waals surface area contributed by atoms with E-state index in [0.717, 1.165) is 17.7 Å². The van der Waals surface area contributed by atoms with Crippen molar-refractivity contribution in [2.75, 3.05) is 41.8 Å². The lowest BCUT2D eigenvalue weighted by atomic mass is 10.1. The third-order valence-electron chi connectivity index (χ3n) is 5.14. The second-order valence-corrected chi connectivity index (χ2v) is 7.33. The Hall–Kier alpha value is -3.19. The number of hydrogen-bond acceptors (Lipinski definition) is 3. The van der Waals surface area contributed by atoms with Crippen molar-refractivity contribution in [1.29, 1.82) is 0 Å². The number of anilines is 3. The predicted octanol–water partition coefficient (Wildman–Crippen LogP) is 5.43. The van der Waals surface area contributed by atoms with E-state index in [1.54, 1.807) is 12.1 Å². The molecule has 2 N–H and O–H groups in total. The molecule has 0 aliphatic carbocycles. The zero-order valence-corrected chi connectivity index (χ0v) is 16.6. The van der Waals surface area contributed by atoms with Gasteiger partial charge in [0, 0.05) is 31.0 Å². The summed E-state index contributed by atoms with van der Waals surface area (Å²) in [5.74, 6) is -3.01. The topological polar surface area (TPSA) is 53.6 Å². The lowest BCUT2D eigenvalue weighted by Crippen LogP contribution is -2.37. The molecular formula is C23H23F2N3O2. The Morgan fingerprint density at radius 2 is 1.67 bits per heavy atom. The van der Waals surface area contributed by atoms with Crippen LogP contribution in [0.5, 0.6) is 0 Å². The van der Waals surface area contributed by atoms with Crippen LogP contribution in [0.2, 0.25) is 0 Å². The summed E-state index contributed by atoms with van der Waals surface area (Å²) in [6, 6.07) is 17.2. The molecular weight excluding hydrogens is 388 g/mol. The Morgan fingerprint density at radius 3 is 2.43 bits per heavy atom. The Balaban J connectivity index is 1.62. The molecule has 0 unspecified atom stereocenters. The Bertz CT molecular complexity index is 1050. The standard InChI is InChI=1S/C23H23F2N3O2/c1-23(24,25)17-9-10-21(28-11-13-30-14-12-28)20(15-17)27-22(29)26-19-8-4-6-16-5-2-3-7-18(16)19/h2-10,15H,11-14H2,1H3,(H2,26,27,29). The molecule has 5 nitrogen and oxygen atoms in total. The molecule has 0 radical (unpaired) electrons. The average Bonchev–Trinajstić information content (AvgIpc) is 2.74. The van der Waals surface area contributed by atoms with Gasteiger partial charge >= 0.3 is 6.03 Å². The minimum Gasteiger partial charge on any atom is -0.378 e. The molecule has 3 aromatic carbocycles. The zero-order chi connectivity index (χ0) is 21.1. The van der Waals surface area contributed by atoms with Gasteiger partial charge in [0.1, 0.15) is 0 Å². The van der Waals surface area contributed by atoms with Crippen LogP contribution in [0, 0.1) is 0 Å². The Kier molecular flexibility index (Phi) is 5.55. The van der Waals surface area contributed by atoms with Crippen LogP contribution in [0.25, 0.3) is 10.8 Å². The van der Waals surface area contributed by atoms with Gasteiger partial charge in [0.25, 0.3) is 5.92 Å². The highest BCUT2D eigenvalue weighted by Crippen LogP contribution is 2.35. The first kappa shape index (κ1) is 20.1. The number of urea groups is 1. The molecule has 1 fully saturated rings. The number of carbonyl (C=O) groups excluding carboxylic acids is 1. The minimum atomic E-state index is -3.01. The lowest BCUT2D eigenvalue weighted by molar-refractivity contribution is 0.0175. The molecule has 0 atom stereocenters. The summed E-state index contributed by atoms with van der Waals surface area (Å²) in [6.45, 7) is 3.19. The number of carbonyl (C=O) groups is 1. The van der Waals surface area contributed by atoms with Crippen LogP contribution in [0.1, 0.15) is 12.5 Å². The van der Waals surface area contributed by atoms with Crippen LogP contribution >= 0.6 is 0 Å². The highest BCUT2D eigenvalue weighted by Gasteiger charge is 2.26. The number of amides is 2. The molecule has 30 heavy (non-hydrogen) atoms. The molecule has 0 spiro atoms. The number of nitrogens with zero attached hydrogens (tertiary/aromatic N) is 1. The maximum atomic E-state index is 13.9. The molecule has 0 aromatic heterocycles. The summed E-state index contributed by atoms with van der Waals surface area (Å²) in [6.07, 6.45) is 0. The summed E-state index contributed by atoms with van der Waals surface area (Å²) >= 11 is 0. The third kappa shape index (κ3) is 4.36. The number of rotatable bonds is 4. The summed E-state index contributed by atoms with van der Waals surface area (Å²) in [5, 5.41) is 7.51.